The second-order valence-corrected chi connectivity index (χ2v) is 2.63. The minimum atomic E-state index is -1.87. The molecule has 1 rings (SSSR count). The van der Waals surface area contributed by atoms with Gasteiger partial charge in [0.15, 0.2) is 6.10 Å². The quantitative estimate of drug-likeness (QED) is 0.762. The minimum absolute atomic E-state index is 0.293. The molecule has 0 saturated carbocycles. The van der Waals surface area contributed by atoms with Crippen molar-refractivity contribution in [2.75, 3.05) is 7.11 Å². The SMILES string of the molecule is COc1ccc(F)c([C@H](O)C(=O)O)c1. The van der Waals surface area contributed by atoms with Gasteiger partial charge in [0.05, 0.1) is 7.11 Å². The third kappa shape index (κ3) is 2.00. The van der Waals surface area contributed by atoms with Crippen LogP contribution in [0.1, 0.15) is 11.7 Å². The molecule has 0 fully saturated rings. The fourth-order valence-electron chi connectivity index (χ4n) is 0.991. The van der Waals surface area contributed by atoms with Crippen LogP contribution in [0.15, 0.2) is 18.2 Å². The lowest BCUT2D eigenvalue weighted by Crippen LogP contribution is -2.12. The van der Waals surface area contributed by atoms with Crippen LogP contribution in [-0.4, -0.2) is 23.3 Å². The van der Waals surface area contributed by atoms with E-state index in [4.69, 9.17) is 14.9 Å². The number of ether oxygens (including phenoxy) is 1. The van der Waals surface area contributed by atoms with E-state index in [0.29, 0.717) is 5.75 Å². The molecule has 0 heterocycles. The maximum absolute atomic E-state index is 13.0. The molecule has 1 atom stereocenters. The van der Waals surface area contributed by atoms with Crippen molar-refractivity contribution in [2.45, 2.75) is 6.10 Å². The number of aliphatic hydroxyl groups is 1. The molecule has 0 saturated heterocycles. The number of halogens is 1. The average molecular weight is 200 g/mol. The highest BCUT2D eigenvalue weighted by Gasteiger charge is 2.20. The van der Waals surface area contributed by atoms with Crippen molar-refractivity contribution in [1.82, 2.24) is 0 Å². The van der Waals surface area contributed by atoms with Crippen molar-refractivity contribution in [3.05, 3.63) is 29.6 Å². The first-order valence-corrected chi connectivity index (χ1v) is 3.80. The van der Waals surface area contributed by atoms with Crippen LogP contribution in [0.3, 0.4) is 0 Å². The summed E-state index contributed by atoms with van der Waals surface area (Å²) < 4.78 is 17.8. The topological polar surface area (TPSA) is 66.8 Å². The number of rotatable bonds is 3. The molecule has 0 amide bonds. The second kappa shape index (κ2) is 4.06. The fraction of sp³-hybridized carbons (Fsp3) is 0.222. The molecule has 0 spiro atoms. The van der Waals surface area contributed by atoms with Crippen molar-refractivity contribution >= 4 is 5.97 Å². The Morgan fingerprint density at radius 3 is 2.71 bits per heavy atom. The molecule has 0 aromatic heterocycles. The largest absolute Gasteiger partial charge is 0.497 e. The molecule has 0 aliphatic heterocycles. The summed E-state index contributed by atoms with van der Waals surface area (Å²) in [4.78, 5) is 10.4. The first kappa shape index (κ1) is 10.5. The molecule has 5 heteroatoms. The molecule has 1 aromatic carbocycles. The van der Waals surface area contributed by atoms with E-state index < -0.39 is 17.9 Å². The van der Waals surface area contributed by atoms with Gasteiger partial charge in [-0.2, -0.15) is 0 Å². The molecular formula is C9H9FO4. The Balaban J connectivity index is 3.11. The van der Waals surface area contributed by atoms with Crippen LogP contribution in [-0.2, 0) is 4.79 Å². The third-order valence-electron chi connectivity index (χ3n) is 1.73. The van der Waals surface area contributed by atoms with Crippen LogP contribution in [0, 0.1) is 5.82 Å². The van der Waals surface area contributed by atoms with Crippen LogP contribution < -0.4 is 4.74 Å². The predicted molar refractivity (Wildman–Crippen MR) is 45.5 cm³/mol. The number of hydrogen-bond donors (Lipinski definition) is 2. The van der Waals surface area contributed by atoms with E-state index >= 15 is 0 Å². The van der Waals surface area contributed by atoms with E-state index in [2.05, 4.69) is 0 Å². The summed E-state index contributed by atoms with van der Waals surface area (Å²) >= 11 is 0. The van der Waals surface area contributed by atoms with Crippen LogP contribution >= 0.6 is 0 Å². The number of aliphatic hydroxyl groups excluding tert-OH is 1. The zero-order chi connectivity index (χ0) is 10.7. The Kier molecular flexibility index (Phi) is 3.03. The zero-order valence-electron chi connectivity index (χ0n) is 7.40. The standard InChI is InChI=1S/C9H9FO4/c1-14-5-2-3-7(10)6(4-5)8(11)9(12)13/h2-4,8,11H,1H3,(H,12,13)/t8-/m0/s1. The van der Waals surface area contributed by atoms with Gasteiger partial charge in [-0.25, -0.2) is 9.18 Å². The summed E-state index contributed by atoms with van der Waals surface area (Å²) in [5, 5.41) is 17.6. The van der Waals surface area contributed by atoms with Crippen LogP contribution in [0.25, 0.3) is 0 Å². The summed E-state index contributed by atoms with van der Waals surface area (Å²) in [6.45, 7) is 0. The summed E-state index contributed by atoms with van der Waals surface area (Å²) in [7, 11) is 1.37. The van der Waals surface area contributed by atoms with Crippen LogP contribution in [0.5, 0.6) is 5.75 Å². The number of carboxylic acid groups (broad SMARTS) is 1. The highest BCUT2D eigenvalue weighted by Crippen LogP contribution is 2.22. The Morgan fingerprint density at radius 2 is 2.21 bits per heavy atom. The maximum Gasteiger partial charge on any atom is 0.337 e. The van der Waals surface area contributed by atoms with E-state index in [-0.39, 0.29) is 5.56 Å². The summed E-state index contributed by atoms with van der Waals surface area (Å²) in [6.07, 6.45) is -1.87. The van der Waals surface area contributed by atoms with E-state index in [1.165, 1.54) is 13.2 Å². The normalized spacial score (nSPS) is 12.2. The first-order valence-electron chi connectivity index (χ1n) is 3.80. The van der Waals surface area contributed by atoms with Crippen LogP contribution in [0.2, 0.25) is 0 Å². The highest BCUT2D eigenvalue weighted by molar-refractivity contribution is 5.74. The number of carboxylic acids is 1. The molecule has 14 heavy (non-hydrogen) atoms. The number of aliphatic carboxylic acids is 1. The van der Waals surface area contributed by atoms with Gasteiger partial charge in [-0.05, 0) is 18.2 Å². The predicted octanol–water partition coefficient (Wildman–Crippen LogP) is 0.952. The lowest BCUT2D eigenvalue weighted by Gasteiger charge is -2.08. The van der Waals surface area contributed by atoms with Gasteiger partial charge in [0, 0.05) is 5.56 Å². The van der Waals surface area contributed by atoms with Gasteiger partial charge in [-0.1, -0.05) is 0 Å². The molecule has 0 bridgehead atoms. The van der Waals surface area contributed by atoms with Crippen molar-refractivity contribution < 1.29 is 24.1 Å². The molecule has 0 unspecified atom stereocenters. The lowest BCUT2D eigenvalue weighted by atomic mass is 10.1. The smallest absolute Gasteiger partial charge is 0.337 e. The minimum Gasteiger partial charge on any atom is -0.497 e. The Hall–Kier alpha value is -1.62. The number of methoxy groups -OCH3 is 1. The lowest BCUT2D eigenvalue weighted by molar-refractivity contribution is -0.147. The molecular weight excluding hydrogens is 191 g/mol. The van der Waals surface area contributed by atoms with E-state index in [9.17, 15) is 9.18 Å². The summed E-state index contributed by atoms with van der Waals surface area (Å²) in [5.74, 6) is -1.99. The number of carbonyl (C=O) groups is 1. The van der Waals surface area contributed by atoms with E-state index in [1.54, 1.807) is 0 Å². The Bertz CT molecular complexity index is 351. The first-order chi connectivity index (χ1) is 6.56. The molecule has 0 radical (unpaired) electrons. The molecule has 0 aliphatic rings. The monoisotopic (exact) mass is 200 g/mol. The fourth-order valence-corrected chi connectivity index (χ4v) is 0.991. The van der Waals surface area contributed by atoms with Crippen molar-refractivity contribution in [3.8, 4) is 5.75 Å². The van der Waals surface area contributed by atoms with Gasteiger partial charge in [0.1, 0.15) is 11.6 Å². The van der Waals surface area contributed by atoms with Gasteiger partial charge in [-0.15, -0.1) is 0 Å². The molecule has 1 aromatic rings. The zero-order valence-corrected chi connectivity index (χ0v) is 7.40. The third-order valence-corrected chi connectivity index (χ3v) is 1.73. The molecule has 0 aliphatic carbocycles. The summed E-state index contributed by atoms with van der Waals surface area (Å²) in [6, 6.07) is 3.53. The van der Waals surface area contributed by atoms with Gasteiger partial charge in [0.25, 0.3) is 0 Å². The van der Waals surface area contributed by atoms with Gasteiger partial charge < -0.3 is 14.9 Å². The summed E-state index contributed by atoms with van der Waals surface area (Å²) in [5.41, 5.74) is -0.308. The van der Waals surface area contributed by atoms with Gasteiger partial charge >= 0.3 is 5.97 Å². The maximum atomic E-state index is 13.0. The van der Waals surface area contributed by atoms with Gasteiger partial charge in [-0.3, -0.25) is 0 Å². The number of hydrogen-bond acceptors (Lipinski definition) is 3. The molecule has 4 nitrogen and oxygen atoms in total. The second-order valence-electron chi connectivity index (χ2n) is 2.63. The van der Waals surface area contributed by atoms with Crippen molar-refractivity contribution in [2.24, 2.45) is 0 Å². The molecule has 2 N–H and O–H groups in total. The van der Waals surface area contributed by atoms with E-state index in [1.807, 2.05) is 0 Å². The molecule has 76 valence electrons. The Morgan fingerprint density at radius 1 is 1.57 bits per heavy atom. The van der Waals surface area contributed by atoms with Gasteiger partial charge in [0.2, 0.25) is 0 Å². The van der Waals surface area contributed by atoms with Crippen molar-refractivity contribution in [1.29, 1.82) is 0 Å². The Labute approximate surface area is 79.6 Å². The van der Waals surface area contributed by atoms with Crippen molar-refractivity contribution in [3.63, 3.8) is 0 Å². The van der Waals surface area contributed by atoms with Crippen LogP contribution in [0.4, 0.5) is 4.39 Å². The highest BCUT2D eigenvalue weighted by atomic mass is 19.1. The number of benzene rings is 1. The van der Waals surface area contributed by atoms with E-state index in [0.717, 1.165) is 12.1 Å². The average Bonchev–Trinajstić information content (AvgIpc) is 2.17.